The molecular weight excluding hydrogens is 268 g/mol. The molecule has 2 rings (SSSR count). The zero-order valence-corrected chi connectivity index (χ0v) is 12.7. The van der Waals surface area contributed by atoms with Gasteiger partial charge in [-0.3, -0.25) is 9.59 Å². The summed E-state index contributed by atoms with van der Waals surface area (Å²) in [4.78, 5) is 26.1. The van der Waals surface area contributed by atoms with Crippen molar-refractivity contribution in [2.75, 3.05) is 26.7 Å². The molecule has 1 fully saturated rings. The predicted octanol–water partition coefficient (Wildman–Crippen LogP) is 0.730. The lowest BCUT2D eigenvalue weighted by atomic mass is 9.96. The van der Waals surface area contributed by atoms with Gasteiger partial charge in [0.05, 0.1) is 5.92 Å². The number of hydrogen-bond donors (Lipinski definition) is 2. The maximum atomic E-state index is 12.6. The van der Waals surface area contributed by atoms with Crippen molar-refractivity contribution < 1.29 is 14.7 Å². The van der Waals surface area contributed by atoms with E-state index in [4.69, 9.17) is 0 Å². The fraction of sp³-hybridized carbons (Fsp3) is 0.500. The van der Waals surface area contributed by atoms with Crippen LogP contribution in [0.5, 0.6) is 0 Å². The van der Waals surface area contributed by atoms with E-state index in [2.05, 4.69) is 5.32 Å². The topological polar surface area (TPSA) is 69.6 Å². The maximum Gasteiger partial charge on any atom is 0.253 e. The van der Waals surface area contributed by atoms with Crippen LogP contribution in [0.25, 0.3) is 0 Å². The summed E-state index contributed by atoms with van der Waals surface area (Å²) >= 11 is 0. The summed E-state index contributed by atoms with van der Waals surface area (Å²) < 4.78 is 0. The minimum absolute atomic E-state index is 0.0772. The normalized spacial score (nSPS) is 21.4. The first-order chi connectivity index (χ1) is 9.96. The monoisotopic (exact) mass is 290 g/mol. The molecule has 0 radical (unpaired) electrons. The Hall–Kier alpha value is -1.88. The van der Waals surface area contributed by atoms with Gasteiger partial charge < -0.3 is 15.3 Å². The summed E-state index contributed by atoms with van der Waals surface area (Å²) in [5.41, 5.74) is 2.72. The molecule has 2 N–H and O–H groups in total. The molecule has 2 amide bonds. The average Bonchev–Trinajstić information content (AvgIpc) is 2.88. The first kappa shape index (κ1) is 15.5. The third-order valence-corrected chi connectivity index (χ3v) is 4.01. The fourth-order valence-electron chi connectivity index (χ4n) is 2.99. The summed E-state index contributed by atoms with van der Waals surface area (Å²) in [6.45, 7) is 4.60. The van der Waals surface area contributed by atoms with Crippen LogP contribution >= 0.6 is 0 Å². The Kier molecular flexibility index (Phi) is 4.63. The molecule has 1 aliphatic heterocycles. The number of aliphatic hydroxyl groups excluding tert-OH is 1. The molecule has 1 saturated heterocycles. The van der Waals surface area contributed by atoms with Gasteiger partial charge in [-0.1, -0.05) is 17.2 Å². The largest absolute Gasteiger partial charge is 0.396 e. The van der Waals surface area contributed by atoms with Gasteiger partial charge in [0.2, 0.25) is 5.91 Å². The smallest absolute Gasteiger partial charge is 0.253 e. The highest BCUT2D eigenvalue weighted by atomic mass is 16.3. The zero-order valence-electron chi connectivity index (χ0n) is 12.7. The highest BCUT2D eigenvalue weighted by molar-refractivity contribution is 5.95. The number of rotatable bonds is 3. The van der Waals surface area contributed by atoms with E-state index in [1.165, 1.54) is 0 Å². The highest BCUT2D eigenvalue weighted by Crippen LogP contribution is 2.25. The first-order valence-corrected chi connectivity index (χ1v) is 7.16. The van der Waals surface area contributed by atoms with Crippen LogP contribution < -0.4 is 5.32 Å². The van der Waals surface area contributed by atoms with E-state index < -0.39 is 0 Å². The number of aryl methyl sites for hydroxylation is 2. The van der Waals surface area contributed by atoms with Crippen molar-refractivity contribution in [1.82, 2.24) is 10.2 Å². The van der Waals surface area contributed by atoms with Gasteiger partial charge >= 0.3 is 0 Å². The minimum atomic E-state index is -0.338. The number of likely N-dealkylation sites (tertiary alicyclic amines) is 1. The molecule has 0 aliphatic carbocycles. The van der Waals surface area contributed by atoms with Gasteiger partial charge in [-0.2, -0.15) is 0 Å². The number of amides is 2. The van der Waals surface area contributed by atoms with E-state index in [0.29, 0.717) is 18.7 Å². The number of carbonyl (C=O) groups is 2. The Labute approximate surface area is 125 Å². The highest BCUT2D eigenvalue weighted by Gasteiger charge is 2.38. The zero-order chi connectivity index (χ0) is 15.6. The van der Waals surface area contributed by atoms with Crippen LogP contribution in [-0.2, 0) is 4.79 Å². The lowest BCUT2D eigenvalue weighted by molar-refractivity contribution is -0.125. The maximum absolute atomic E-state index is 12.6. The van der Waals surface area contributed by atoms with Gasteiger partial charge in [0.25, 0.3) is 5.91 Å². The van der Waals surface area contributed by atoms with Crippen LogP contribution in [0.2, 0.25) is 0 Å². The summed E-state index contributed by atoms with van der Waals surface area (Å²) in [5.74, 6) is -0.730. The molecular formula is C16H22N2O3. The summed E-state index contributed by atoms with van der Waals surface area (Å²) in [7, 11) is 1.57. The van der Waals surface area contributed by atoms with Crippen molar-refractivity contribution in [3.05, 3.63) is 34.9 Å². The molecule has 1 aromatic rings. The molecule has 5 heteroatoms. The fourth-order valence-corrected chi connectivity index (χ4v) is 2.99. The number of nitrogens with zero attached hydrogens (tertiary/aromatic N) is 1. The van der Waals surface area contributed by atoms with E-state index in [1.807, 2.05) is 32.0 Å². The van der Waals surface area contributed by atoms with Gasteiger partial charge in [0, 0.05) is 38.2 Å². The van der Waals surface area contributed by atoms with Crippen molar-refractivity contribution in [2.45, 2.75) is 13.8 Å². The van der Waals surface area contributed by atoms with E-state index in [0.717, 1.165) is 11.1 Å². The molecule has 0 aromatic heterocycles. The molecule has 1 aliphatic rings. The molecule has 114 valence electrons. The molecule has 5 nitrogen and oxygen atoms in total. The van der Waals surface area contributed by atoms with Crippen LogP contribution in [0.1, 0.15) is 21.5 Å². The summed E-state index contributed by atoms with van der Waals surface area (Å²) in [5, 5.41) is 12.0. The average molecular weight is 290 g/mol. The van der Waals surface area contributed by atoms with Gasteiger partial charge in [-0.05, 0) is 26.0 Å². The second-order valence-electron chi connectivity index (χ2n) is 5.75. The Morgan fingerprint density at radius 3 is 2.38 bits per heavy atom. The van der Waals surface area contributed by atoms with Crippen LogP contribution in [0.3, 0.4) is 0 Å². The van der Waals surface area contributed by atoms with Crippen LogP contribution in [-0.4, -0.2) is 48.6 Å². The van der Waals surface area contributed by atoms with Crippen molar-refractivity contribution in [3.8, 4) is 0 Å². The van der Waals surface area contributed by atoms with E-state index >= 15 is 0 Å². The minimum Gasteiger partial charge on any atom is -0.396 e. The molecule has 0 unspecified atom stereocenters. The molecule has 0 bridgehead atoms. The Morgan fingerprint density at radius 2 is 1.86 bits per heavy atom. The predicted molar refractivity (Wildman–Crippen MR) is 80.0 cm³/mol. The number of carbonyl (C=O) groups excluding carboxylic acids is 2. The third kappa shape index (κ3) is 3.24. The third-order valence-electron chi connectivity index (χ3n) is 4.01. The second kappa shape index (κ2) is 6.26. The van der Waals surface area contributed by atoms with Gasteiger partial charge in [-0.15, -0.1) is 0 Å². The number of hydrogen-bond acceptors (Lipinski definition) is 3. The second-order valence-corrected chi connectivity index (χ2v) is 5.75. The van der Waals surface area contributed by atoms with Crippen molar-refractivity contribution in [1.29, 1.82) is 0 Å². The molecule has 21 heavy (non-hydrogen) atoms. The lowest BCUT2D eigenvalue weighted by Gasteiger charge is -2.17. The van der Waals surface area contributed by atoms with Gasteiger partial charge in [0.15, 0.2) is 0 Å². The number of aliphatic hydroxyl groups is 1. The molecule has 0 saturated carbocycles. The molecule has 0 spiro atoms. The van der Waals surface area contributed by atoms with Crippen LogP contribution in [0.15, 0.2) is 18.2 Å². The van der Waals surface area contributed by atoms with Crippen molar-refractivity contribution >= 4 is 11.8 Å². The van der Waals surface area contributed by atoms with Gasteiger partial charge in [0.1, 0.15) is 0 Å². The van der Waals surface area contributed by atoms with Crippen LogP contribution in [0.4, 0.5) is 0 Å². The lowest BCUT2D eigenvalue weighted by Crippen LogP contribution is -2.34. The first-order valence-electron chi connectivity index (χ1n) is 7.16. The van der Waals surface area contributed by atoms with Crippen molar-refractivity contribution in [3.63, 3.8) is 0 Å². The van der Waals surface area contributed by atoms with Gasteiger partial charge in [-0.25, -0.2) is 0 Å². The Bertz CT molecular complexity index is 536. The Balaban J connectivity index is 2.19. The standard InChI is InChI=1S/C16H22N2O3/c1-10-4-11(2)6-12(5-10)16(21)18-7-13(9-19)14(8-18)15(20)17-3/h4-6,13-14,19H,7-9H2,1-3H3,(H,17,20)/t13-,14+/m0/s1. The van der Waals surface area contributed by atoms with E-state index in [-0.39, 0.29) is 30.3 Å². The Morgan fingerprint density at radius 1 is 1.24 bits per heavy atom. The van der Waals surface area contributed by atoms with E-state index in [1.54, 1.807) is 11.9 Å². The van der Waals surface area contributed by atoms with Crippen molar-refractivity contribution in [2.24, 2.45) is 11.8 Å². The number of benzene rings is 1. The SMILES string of the molecule is CNC(=O)[C@@H]1CN(C(=O)c2cc(C)cc(C)c2)C[C@H]1CO. The summed E-state index contributed by atoms with van der Waals surface area (Å²) in [6.07, 6.45) is 0. The summed E-state index contributed by atoms with van der Waals surface area (Å²) in [6, 6.07) is 5.73. The quantitative estimate of drug-likeness (QED) is 0.862. The molecule has 1 heterocycles. The number of nitrogens with one attached hydrogen (secondary N) is 1. The van der Waals surface area contributed by atoms with Crippen LogP contribution in [0, 0.1) is 25.7 Å². The molecule has 1 aromatic carbocycles. The molecule has 2 atom stereocenters. The van der Waals surface area contributed by atoms with E-state index in [9.17, 15) is 14.7 Å².